The van der Waals surface area contributed by atoms with Crippen molar-refractivity contribution in [2.75, 3.05) is 5.32 Å². The van der Waals surface area contributed by atoms with Crippen LogP contribution in [-0.4, -0.2) is 16.1 Å². The number of amides is 2. The van der Waals surface area contributed by atoms with E-state index in [1.807, 2.05) is 0 Å². The fourth-order valence-corrected chi connectivity index (χ4v) is 5.89. The van der Waals surface area contributed by atoms with Crippen molar-refractivity contribution >= 4 is 63.9 Å². The lowest BCUT2D eigenvalue weighted by atomic mass is 9.88. The zero-order chi connectivity index (χ0) is 28.4. The Labute approximate surface area is 230 Å². The summed E-state index contributed by atoms with van der Waals surface area (Å²) in [6, 6.07) is 6.93. The minimum Gasteiger partial charge on any atom is -0.369 e. The number of nitrogens with two attached hydrogens (primary N) is 1. The van der Waals surface area contributed by atoms with Crippen molar-refractivity contribution in [3.63, 3.8) is 0 Å². The first kappa shape index (κ1) is 28.4. The van der Waals surface area contributed by atoms with Crippen molar-refractivity contribution in [1.82, 2.24) is 0 Å². The molecule has 2 unspecified atom stereocenters. The summed E-state index contributed by atoms with van der Waals surface area (Å²) in [4.78, 5) is 25.6. The van der Waals surface area contributed by atoms with Gasteiger partial charge in [0.1, 0.15) is 27.2 Å². The highest BCUT2D eigenvalue weighted by molar-refractivity contribution is 6.55. The number of nitrogens with one attached hydrogen (secondary N) is 1. The average molecular weight is 616 g/mol. The Morgan fingerprint density at radius 1 is 0.921 bits per heavy atom. The molecular formula is C24H12Cl4F6N2O2. The molecule has 38 heavy (non-hydrogen) atoms. The van der Waals surface area contributed by atoms with Gasteiger partial charge in [-0.2, -0.15) is 13.2 Å². The molecule has 0 radical (unpaired) electrons. The van der Waals surface area contributed by atoms with Gasteiger partial charge in [-0.15, -0.1) is 0 Å². The predicted octanol–water partition coefficient (Wildman–Crippen LogP) is 7.38. The number of carbonyl (C=O) groups excluding carboxylic acids is 2. The third-order valence-corrected chi connectivity index (χ3v) is 7.91. The fourth-order valence-electron chi connectivity index (χ4n) is 4.38. The van der Waals surface area contributed by atoms with E-state index in [1.54, 1.807) is 0 Å². The topological polar surface area (TPSA) is 72.2 Å². The van der Waals surface area contributed by atoms with Crippen LogP contribution in [0.5, 0.6) is 0 Å². The van der Waals surface area contributed by atoms with Crippen LogP contribution in [0.2, 0.25) is 10.0 Å². The number of primary amides is 1. The zero-order valence-electron chi connectivity index (χ0n) is 18.4. The van der Waals surface area contributed by atoms with Gasteiger partial charge in [-0.3, -0.25) is 9.59 Å². The van der Waals surface area contributed by atoms with Crippen LogP contribution >= 0.6 is 46.4 Å². The zero-order valence-corrected chi connectivity index (χ0v) is 21.4. The fraction of sp³-hybridized carbons (Fsp3) is 0.167. The molecule has 0 bridgehead atoms. The van der Waals surface area contributed by atoms with E-state index in [4.69, 9.17) is 52.1 Å². The number of carbonyl (C=O) groups is 2. The van der Waals surface area contributed by atoms with Gasteiger partial charge in [0, 0.05) is 12.0 Å². The molecular weight excluding hydrogens is 604 g/mol. The van der Waals surface area contributed by atoms with Gasteiger partial charge in [-0.05, 0) is 47.5 Å². The minimum atomic E-state index is -5.05. The second-order valence-corrected chi connectivity index (χ2v) is 10.5. The monoisotopic (exact) mass is 614 g/mol. The van der Waals surface area contributed by atoms with E-state index < -0.39 is 72.9 Å². The summed E-state index contributed by atoms with van der Waals surface area (Å²) >= 11 is 24.4. The van der Waals surface area contributed by atoms with Crippen molar-refractivity contribution in [1.29, 1.82) is 0 Å². The summed E-state index contributed by atoms with van der Waals surface area (Å²) in [6.07, 6.45) is -5.05. The number of benzene rings is 3. The Hall–Kier alpha value is -2.66. The first-order valence-electron chi connectivity index (χ1n) is 10.3. The number of anilines is 1. The van der Waals surface area contributed by atoms with Gasteiger partial charge < -0.3 is 11.1 Å². The molecule has 4 nitrogen and oxygen atoms in total. The molecule has 200 valence electrons. The normalized spacial score (nSPS) is 20.2. The second-order valence-electron chi connectivity index (χ2n) is 8.36. The highest BCUT2D eigenvalue weighted by atomic mass is 35.5. The average Bonchev–Trinajstić information content (AvgIpc) is 3.34. The van der Waals surface area contributed by atoms with Crippen molar-refractivity contribution in [2.24, 2.45) is 5.73 Å². The van der Waals surface area contributed by atoms with Gasteiger partial charge in [0.25, 0.3) is 5.91 Å². The number of alkyl halides is 5. The third kappa shape index (κ3) is 4.47. The van der Waals surface area contributed by atoms with E-state index in [1.165, 1.54) is 6.07 Å². The van der Waals surface area contributed by atoms with Crippen LogP contribution in [0.3, 0.4) is 0 Å². The van der Waals surface area contributed by atoms with E-state index in [2.05, 4.69) is 5.32 Å². The first-order valence-corrected chi connectivity index (χ1v) is 11.8. The summed E-state index contributed by atoms with van der Waals surface area (Å²) in [7, 11) is 0. The second kappa shape index (κ2) is 9.51. The van der Waals surface area contributed by atoms with Crippen molar-refractivity contribution in [2.45, 2.75) is 21.8 Å². The molecule has 2 atom stereocenters. The highest BCUT2D eigenvalue weighted by Gasteiger charge is 2.81. The van der Waals surface area contributed by atoms with Crippen LogP contribution in [0.15, 0.2) is 48.5 Å². The van der Waals surface area contributed by atoms with Gasteiger partial charge in [0.2, 0.25) is 5.91 Å². The Kier molecular flexibility index (Phi) is 7.10. The van der Waals surface area contributed by atoms with Gasteiger partial charge in [-0.25, -0.2) is 13.2 Å². The van der Waals surface area contributed by atoms with Gasteiger partial charge >= 0.3 is 6.18 Å². The lowest BCUT2D eigenvalue weighted by Gasteiger charge is -2.18. The highest BCUT2D eigenvalue weighted by Crippen LogP contribution is 2.74. The van der Waals surface area contributed by atoms with E-state index in [9.17, 15) is 35.9 Å². The molecule has 1 aliphatic rings. The molecule has 4 rings (SSSR count). The maximum absolute atomic E-state index is 14.4. The Morgan fingerprint density at radius 2 is 1.58 bits per heavy atom. The molecule has 1 fully saturated rings. The lowest BCUT2D eigenvalue weighted by Crippen LogP contribution is -2.34. The Bertz CT molecular complexity index is 1500. The molecule has 0 saturated heterocycles. The molecule has 0 spiro atoms. The molecule has 14 heteroatoms. The van der Waals surface area contributed by atoms with Crippen molar-refractivity contribution in [3.8, 4) is 0 Å². The van der Waals surface area contributed by atoms with Crippen molar-refractivity contribution in [3.05, 3.63) is 98.3 Å². The van der Waals surface area contributed by atoms with E-state index >= 15 is 0 Å². The lowest BCUT2D eigenvalue weighted by molar-refractivity contribution is -0.137. The molecule has 0 aromatic heterocycles. The van der Waals surface area contributed by atoms with Gasteiger partial charge in [0.05, 0.1) is 26.9 Å². The molecule has 1 saturated carbocycles. The van der Waals surface area contributed by atoms with Gasteiger partial charge in [-0.1, -0.05) is 52.5 Å². The molecule has 1 aliphatic carbocycles. The van der Waals surface area contributed by atoms with Crippen LogP contribution < -0.4 is 11.1 Å². The quantitative estimate of drug-likeness (QED) is 0.232. The standard InChI is InChI=1S/C24H12Cl4F6N2O2/c25-14-3-1-10(7-12(14)20(37)36-17-4-2-11(29)8-15(17)30)22(21(35)38)19(23(22,27)28)9-5-13(24(32,33)34)18(26)16(31)6-9/h1-8,19H,(H2,35,38)(H,36,37). The molecule has 3 aromatic rings. The SMILES string of the molecule is NC(=O)C1(c2ccc(Cl)c(C(=O)Nc3ccc(F)cc3F)c2)C(c2cc(F)c(Cl)c(C(F)(F)F)c2)C1(Cl)Cl. The number of rotatable bonds is 5. The maximum Gasteiger partial charge on any atom is 0.417 e. The first-order chi connectivity index (χ1) is 17.5. The van der Waals surface area contributed by atoms with E-state index in [0.717, 1.165) is 24.3 Å². The van der Waals surface area contributed by atoms with Crippen LogP contribution in [0.1, 0.15) is 33.0 Å². The minimum absolute atomic E-state index is 0.141. The Morgan fingerprint density at radius 3 is 2.16 bits per heavy atom. The molecule has 3 N–H and O–H groups in total. The van der Waals surface area contributed by atoms with Gasteiger partial charge in [0.15, 0.2) is 0 Å². The van der Waals surface area contributed by atoms with E-state index in [0.29, 0.717) is 18.2 Å². The van der Waals surface area contributed by atoms with Crippen LogP contribution in [-0.2, 0) is 16.4 Å². The summed E-state index contributed by atoms with van der Waals surface area (Å²) < 4.78 is 79.8. The summed E-state index contributed by atoms with van der Waals surface area (Å²) in [5, 5.41) is 0.810. The summed E-state index contributed by atoms with van der Waals surface area (Å²) in [5.41, 5.74) is 0.646. The number of halogens is 10. The molecule has 3 aromatic carbocycles. The predicted molar refractivity (Wildman–Crippen MR) is 130 cm³/mol. The smallest absolute Gasteiger partial charge is 0.369 e. The third-order valence-electron chi connectivity index (χ3n) is 6.16. The number of hydrogen-bond acceptors (Lipinski definition) is 2. The van der Waals surface area contributed by atoms with Crippen LogP contribution in [0, 0.1) is 17.5 Å². The Balaban J connectivity index is 1.81. The summed E-state index contributed by atoms with van der Waals surface area (Å²) in [5.74, 6) is -7.12. The van der Waals surface area contributed by atoms with Crippen LogP contribution in [0.25, 0.3) is 0 Å². The largest absolute Gasteiger partial charge is 0.417 e. The van der Waals surface area contributed by atoms with E-state index in [-0.39, 0.29) is 16.1 Å². The molecule has 0 heterocycles. The molecule has 0 aliphatic heterocycles. The van der Waals surface area contributed by atoms with Crippen molar-refractivity contribution < 1.29 is 35.9 Å². The van der Waals surface area contributed by atoms with Crippen LogP contribution in [0.4, 0.5) is 32.0 Å². The number of hydrogen-bond donors (Lipinski definition) is 2. The maximum atomic E-state index is 14.4. The molecule has 2 amide bonds. The summed E-state index contributed by atoms with van der Waals surface area (Å²) in [6.45, 7) is 0.